The summed E-state index contributed by atoms with van der Waals surface area (Å²) in [5, 5.41) is 13.6. The molecule has 38 heavy (non-hydrogen) atoms. The highest BCUT2D eigenvalue weighted by molar-refractivity contribution is 6.33. The maximum Gasteiger partial charge on any atom is 0.409 e. The van der Waals surface area contributed by atoms with E-state index in [9.17, 15) is 9.90 Å². The van der Waals surface area contributed by atoms with E-state index in [1.807, 2.05) is 24.5 Å². The molecule has 2 saturated heterocycles. The fourth-order valence-electron chi connectivity index (χ4n) is 5.19. The number of halogens is 2. The average Bonchev–Trinajstić information content (AvgIpc) is 3.52. The van der Waals surface area contributed by atoms with E-state index >= 15 is 4.39 Å². The second-order valence-electron chi connectivity index (χ2n) is 9.96. The van der Waals surface area contributed by atoms with Crippen LogP contribution >= 0.6 is 11.6 Å². The van der Waals surface area contributed by atoms with Crippen LogP contribution in [0, 0.1) is 5.82 Å². The van der Waals surface area contributed by atoms with Crippen LogP contribution in [-0.4, -0.2) is 80.7 Å². The third-order valence-corrected chi connectivity index (χ3v) is 7.31. The molecule has 1 aromatic carbocycles. The molecule has 2 aromatic heterocycles. The monoisotopic (exact) mass is 546 g/mol. The van der Waals surface area contributed by atoms with E-state index < -0.39 is 11.9 Å². The number of rotatable bonds is 6. The summed E-state index contributed by atoms with van der Waals surface area (Å²) in [6.07, 6.45) is 1.76. The van der Waals surface area contributed by atoms with Gasteiger partial charge in [0.1, 0.15) is 11.3 Å². The van der Waals surface area contributed by atoms with Crippen molar-refractivity contribution in [3.63, 3.8) is 0 Å². The summed E-state index contributed by atoms with van der Waals surface area (Å²) in [4.78, 5) is 27.4. The summed E-state index contributed by atoms with van der Waals surface area (Å²) < 4.78 is 28.0. The quantitative estimate of drug-likeness (QED) is 0.468. The first-order valence-electron chi connectivity index (χ1n) is 12.9. The number of anilines is 1. The first kappa shape index (κ1) is 26.6. The molecule has 0 bridgehead atoms. The number of likely N-dealkylation sites (tertiary alicyclic amines) is 1. The van der Waals surface area contributed by atoms with E-state index in [0.717, 1.165) is 5.82 Å². The second kappa shape index (κ2) is 11.0. The molecule has 2 N–H and O–H groups in total. The Labute approximate surface area is 225 Å². The Kier molecular flexibility index (Phi) is 7.69. The molecule has 3 atom stereocenters. The molecular weight excluding hydrogens is 515 g/mol. The molecule has 204 valence electrons. The van der Waals surface area contributed by atoms with Gasteiger partial charge >= 0.3 is 6.09 Å². The number of ether oxygens (including phenoxy) is 2. The number of nitrogens with one attached hydrogen (secondary N) is 1. The van der Waals surface area contributed by atoms with Crippen molar-refractivity contribution >= 4 is 34.7 Å². The van der Waals surface area contributed by atoms with Crippen LogP contribution in [0.4, 0.5) is 15.1 Å². The SMILES string of the molecule is CCOC(=O)N1CC[C@@H](c2nc3c(F)cc(-c4nc(N[C@@H]5CCOC[C@H]5O)ncc4Cl)cc3n2C(C)C)C1. The third-order valence-electron chi connectivity index (χ3n) is 7.03. The minimum Gasteiger partial charge on any atom is -0.450 e. The van der Waals surface area contributed by atoms with E-state index in [4.69, 9.17) is 26.1 Å². The van der Waals surface area contributed by atoms with Gasteiger partial charge in [-0.2, -0.15) is 0 Å². The van der Waals surface area contributed by atoms with E-state index in [0.29, 0.717) is 61.9 Å². The molecule has 0 spiro atoms. The molecule has 10 nitrogen and oxygen atoms in total. The molecule has 4 heterocycles. The number of amides is 1. The molecule has 0 unspecified atom stereocenters. The minimum atomic E-state index is -0.686. The zero-order chi connectivity index (χ0) is 27.0. The number of aromatic nitrogens is 4. The molecule has 0 aliphatic carbocycles. The van der Waals surface area contributed by atoms with Crippen LogP contribution in [0.15, 0.2) is 18.3 Å². The lowest BCUT2D eigenvalue weighted by Gasteiger charge is -2.28. The van der Waals surface area contributed by atoms with Crippen molar-refractivity contribution in [2.75, 3.05) is 38.2 Å². The number of fused-ring (bicyclic) bond motifs is 1. The Balaban J connectivity index is 1.50. The topological polar surface area (TPSA) is 115 Å². The van der Waals surface area contributed by atoms with Crippen molar-refractivity contribution in [1.29, 1.82) is 0 Å². The first-order chi connectivity index (χ1) is 18.3. The van der Waals surface area contributed by atoms with Crippen molar-refractivity contribution in [3.8, 4) is 11.3 Å². The number of hydrogen-bond donors (Lipinski definition) is 2. The Morgan fingerprint density at radius 2 is 2.16 bits per heavy atom. The highest BCUT2D eigenvalue weighted by Crippen LogP contribution is 2.36. The second-order valence-corrected chi connectivity index (χ2v) is 10.4. The maximum absolute atomic E-state index is 15.5. The van der Waals surface area contributed by atoms with Gasteiger partial charge in [-0.05, 0) is 45.7 Å². The van der Waals surface area contributed by atoms with Gasteiger partial charge in [0.25, 0.3) is 0 Å². The number of hydrogen-bond acceptors (Lipinski definition) is 8. The molecule has 3 aromatic rings. The number of aliphatic hydroxyl groups is 1. The lowest BCUT2D eigenvalue weighted by atomic mass is 10.1. The van der Waals surface area contributed by atoms with Gasteiger partial charge in [-0.3, -0.25) is 0 Å². The van der Waals surface area contributed by atoms with Crippen molar-refractivity contribution in [2.45, 2.75) is 57.7 Å². The summed E-state index contributed by atoms with van der Waals surface area (Å²) in [5.74, 6) is 0.505. The third kappa shape index (κ3) is 5.14. The molecule has 1 amide bonds. The van der Waals surface area contributed by atoms with E-state index in [2.05, 4.69) is 15.3 Å². The normalized spacial score (nSPS) is 21.9. The molecule has 2 aliphatic rings. The average molecular weight is 547 g/mol. The van der Waals surface area contributed by atoms with Gasteiger partial charge in [0.15, 0.2) is 5.82 Å². The molecular formula is C26H32ClFN6O4. The van der Waals surface area contributed by atoms with Gasteiger partial charge < -0.3 is 29.4 Å². The van der Waals surface area contributed by atoms with Crippen LogP contribution in [0.1, 0.15) is 51.4 Å². The molecule has 0 saturated carbocycles. The zero-order valence-electron chi connectivity index (χ0n) is 21.7. The summed E-state index contributed by atoms with van der Waals surface area (Å²) >= 11 is 6.47. The van der Waals surface area contributed by atoms with E-state index in [1.54, 1.807) is 11.8 Å². The predicted molar refractivity (Wildman–Crippen MR) is 141 cm³/mol. The zero-order valence-corrected chi connectivity index (χ0v) is 22.4. The van der Waals surface area contributed by atoms with Crippen LogP contribution in [-0.2, 0) is 9.47 Å². The largest absolute Gasteiger partial charge is 0.450 e. The van der Waals surface area contributed by atoms with Crippen LogP contribution in [0.25, 0.3) is 22.3 Å². The number of carbonyl (C=O) groups is 1. The van der Waals surface area contributed by atoms with E-state index in [1.165, 1.54) is 12.3 Å². The van der Waals surface area contributed by atoms with Gasteiger partial charge in [0.05, 0.1) is 47.8 Å². The van der Waals surface area contributed by atoms with Crippen LogP contribution in [0.5, 0.6) is 0 Å². The smallest absolute Gasteiger partial charge is 0.409 e. The maximum atomic E-state index is 15.5. The number of carbonyl (C=O) groups excluding carboxylic acids is 1. The molecule has 2 aliphatic heterocycles. The van der Waals surface area contributed by atoms with Gasteiger partial charge in [-0.15, -0.1) is 0 Å². The van der Waals surface area contributed by atoms with Gasteiger partial charge in [-0.25, -0.2) is 24.1 Å². The number of aliphatic hydroxyl groups excluding tert-OH is 1. The van der Waals surface area contributed by atoms with Crippen LogP contribution in [0.3, 0.4) is 0 Å². The summed E-state index contributed by atoms with van der Waals surface area (Å²) in [6, 6.07) is 2.95. The predicted octanol–water partition coefficient (Wildman–Crippen LogP) is 4.37. The molecule has 0 radical (unpaired) electrons. The summed E-state index contributed by atoms with van der Waals surface area (Å²) in [6.45, 7) is 7.93. The van der Waals surface area contributed by atoms with Crippen LogP contribution in [0.2, 0.25) is 5.02 Å². The Bertz CT molecular complexity index is 1330. The molecule has 2 fully saturated rings. The van der Waals surface area contributed by atoms with Crippen molar-refractivity contribution in [1.82, 2.24) is 24.4 Å². The van der Waals surface area contributed by atoms with Crippen molar-refractivity contribution in [3.05, 3.63) is 35.0 Å². The lowest BCUT2D eigenvalue weighted by Crippen LogP contribution is -2.42. The van der Waals surface area contributed by atoms with Crippen molar-refractivity contribution in [2.24, 2.45) is 0 Å². The Hall–Kier alpha value is -3.02. The highest BCUT2D eigenvalue weighted by atomic mass is 35.5. The summed E-state index contributed by atoms with van der Waals surface area (Å²) in [7, 11) is 0. The number of nitrogens with zero attached hydrogens (tertiary/aromatic N) is 5. The summed E-state index contributed by atoms with van der Waals surface area (Å²) in [5.41, 5.74) is 1.76. The highest BCUT2D eigenvalue weighted by Gasteiger charge is 2.33. The number of benzene rings is 1. The minimum absolute atomic E-state index is 0.00519. The van der Waals surface area contributed by atoms with Crippen molar-refractivity contribution < 1.29 is 23.8 Å². The molecule has 5 rings (SSSR count). The van der Waals surface area contributed by atoms with Gasteiger partial charge in [0.2, 0.25) is 5.95 Å². The Morgan fingerprint density at radius 3 is 2.89 bits per heavy atom. The fourth-order valence-corrected chi connectivity index (χ4v) is 5.39. The Morgan fingerprint density at radius 1 is 1.34 bits per heavy atom. The first-order valence-corrected chi connectivity index (χ1v) is 13.3. The number of imidazole rings is 1. The van der Waals surface area contributed by atoms with Gasteiger partial charge in [0, 0.05) is 37.2 Å². The standard InChI is InChI=1S/C26H32ClFN6O4/c1-4-38-26(36)33-7-5-15(12-33)24-31-23-18(28)9-16(10-20(23)34(24)14(2)3)22-17(27)11-29-25(32-22)30-19-6-8-37-13-21(19)35/h9-11,14-15,19,21,35H,4-8,12-13H2,1-3H3,(H,29,30,32)/t15-,19-,21-/m1/s1. The van der Waals surface area contributed by atoms with Gasteiger partial charge in [-0.1, -0.05) is 11.6 Å². The van der Waals surface area contributed by atoms with E-state index in [-0.39, 0.29) is 41.2 Å². The molecule has 12 heteroatoms. The lowest BCUT2D eigenvalue weighted by molar-refractivity contribution is -0.0136. The fraction of sp³-hybridized carbons (Fsp3) is 0.538. The van der Waals surface area contributed by atoms with Crippen LogP contribution < -0.4 is 5.32 Å².